The van der Waals surface area contributed by atoms with Gasteiger partial charge < -0.3 is 0 Å². The van der Waals surface area contributed by atoms with Crippen LogP contribution in [0.25, 0.3) is 0 Å². The van der Waals surface area contributed by atoms with E-state index in [0.717, 1.165) is 12.8 Å². The zero-order valence-electron chi connectivity index (χ0n) is 27.1. The minimum Gasteiger partial charge on any atom is -0.300 e. The first kappa shape index (κ1) is 38.1. The van der Waals surface area contributed by atoms with Crippen LogP contribution in [0.5, 0.6) is 0 Å². The Morgan fingerprint density at radius 3 is 0.974 bits per heavy atom. The Hall–Kier alpha value is -0.850. The standard InChI is InChI=1S/C38H72O/c1-3-5-6-7-8-9-10-11-12-13-14-15-16-17-18-19-20-21-22-23-24-25-26-27-28-29-30-31-32-33-34-35-36-37-38(39)4-2/h19-20,24-25H,3-18,21-23,26-37H2,1-2H3/b20-19+,25-24+. The zero-order chi connectivity index (χ0) is 28.3. The highest BCUT2D eigenvalue weighted by molar-refractivity contribution is 5.77. The fourth-order valence-electron chi connectivity index (χ4n) is 5.46. The maximum absolute atomic E-state index is 11.3. The van der Waals surface area contributed by atoms with Gasteiger partial charge in [-0.25, -0.2) is 0 Å². The second kappa shape index (κ2) is 35.2. The third-order valence-electron chi connectivity index (χ3n) is 8.27. The number of ketones is 1. The molecule has 0 aromatic rings. The van der Waals surface area contributed by atoms with Gasteiger partial charge in [-0.2, -0.15) is 0 Å². The highest BCUT2D eigenvalue weighted by atomic mass is 16.1. The summed E-state index contributed by atoms with van der Waals surface area (Å²) in [5.74, 6) is 0.433. The summed E-state index contributed by atoms with van der Waals surface area (Å²) in [6.07, 6.45) is 51.2. The maximum Gasteiger partial charge on any atom is 0.132 e. The van der Waals surface area contributed by atoms with Crippen LogP contribution in [0.15, 0.2) is 24.3 Å². The summed E-state index contributed by atoms with van der Waals surface area (Å²) < 4.78 is 0. The van der Waals surface area contributed by atoms with Gasteiger partial charge in [0, 0.05) is 12.8 Å². The molecule has 39 heavy (non-hydrogen) atoms. The largest absolute Gasteiger partial charge is 0.300 e. The van der Waals surface area contributed by atoms with Crippen LogP contribution in [0.1, 0.15) is 213 Å². The fourth-order valence-corrected chi connectivity index (χ4v) is 5.46. The van der Waals surface area contributed by atoms with Crippen molar-refractivity contribution in [2.75, 3.05) is 0 Å². The molecule has 0 unspecified atom stereocenters. The number of unbranched alkanes of at least 4 members (excludes halogenated alkanes) is 26. The smallest absolute Gasteiger partial charge is 0.132 e. The molecule has 0 rings (SSSR count). The lowest BCUT2D eigenvalue weighted by molar-refractivity contribution is -0.118. The predicted octanol–water partition coefficient (Wildman–Crippen LogP) is 13.8. The van der Waals surface area contributed by atoms with Crippen LogP contribution in [0.4, 0.5) is 0 Å². The molecule has 0 aliphatic rings. The number of Topliss-reactive ketones (excluding diaryl/α,β-unsaturated/α-hetero) is 1. The van der Waals surface area contributed by atoms with Crippen molar-refractivity contribution < 1.29 is 4.79 Å². The van der Waals surface area contributed by atoms with E-state index in [0.29, 0.717) is 12.2 Å². The molecule has 0 amide bonds. The zero-order valence-corrected chi connectivity index (χ0v) is 27.1. The van der Waals surface area contributed by atoms with Gasteiger partial charge in [0.2, 0.25) is 0 Å². The molecule has 1 nitrogen and oxygen atoms in total. The minimum atomic E-state index is 0.433. The Bertz CT molecular complexity index is 517. The molecule has 0 atom stereocenters. The van der Waals surface area contributed by atoms with E-state index in [1.807, 2.05) is 6.92 Å². The van der Waals surface area contributed by atoms with E-state index in [1.54, 1.807) is 0 Å². The van der Waals surface area contributed by atoms with Crippen LogP contribution in [-0.2, 0) is 4.79 Å². The summed E-state index contributed by atoms with van der Waals surface area (Å²) in [7, 11) is 0. The third-order valence-corrected chi connectivity index (χ3v) is 8.27. The van der Waals surface area contributed by atoms with Crippen LogP contribution in [0.2, 0.25) is 0 Å². The van der Waals surface area contributed by atoms with Crippen molar-refractivity contribution in [3.8, 4) is 0 Å². The van der Waals surface area contributed by atoms with Gasteiger partial charge in [-0.1, -0.05) is 173 Å². The van der Waals surface area contributed by atoms with Crippen LogP contribution in [0, 0.1) is 0 Å². The minimum absolute atomic E-state index is 0.433. The Morgan fingerprint density at radius 2 is 0.641 bits per heavy atom. The van der Waals surface area contributed by atoms with Gasteiger partial charge in [0.25, 0.3) is 0 Å². The van der Waals surface area contributed by atoms with Gasteiger partial charge in [0.1, 0.15) is 5.78 Å². The molecular formula is C38H72O. The topological polar surface area (TPSA) is 17.1 Å². The summed E-state index contributed by atoms with van der Waals surface area (Å²) in [6.45, 7) is 4.27. The van der Waals surface area contributed by atoms with E-state index >= 15 is 0 Å². The third kappa shape index (κ3) is 35.1. The monoisotopic (exact) mass is 545 g/mol. The molecule has 0 saturated carbocycles. The number of carbonyl (C=O) groups is 1. The molecule has 0 aliphatic heterocycles. The highest BCUT2D eigenvalue weighted by Gasteiger charge is 1.98. The summed E-state index contributed by atoms with van der Waals surface area (Å²) in [5, 5.41) is 0. The second-order valence-electron chi connectivity index (χ2n) is 12.2. The number of rotatable bonds is 33. The van der Waals surface area contributed by atoms with Crippen LogP contribution < -0.4 is 0 Å². The first-order chi connectivity index (χ1) is 19.3. The lowest BCUT2D eigenvalue weighted by Gasteiger charge is -2.02. The molecule has 0 N–H and O–H groups in total. The average Bonchev–Trinajstić information content (AvgIpc) is 2.95. The Kier molecular flexibility index (Phi) is 34.4. The van der Waals surface area contributed by atoms with E-state index in [1.165, 1.54) is 180 Å². The van der Waals surface area contributed by atoms with Crippen LogP contribution in [-0.4, -0.2) is 5.78 Å². The number of hydrogen-bond donors (Lipinski definition) is 0. The molecule has 0 heterocycles. The summed E-state index contributed by atoms with van der Waals surface area (Å²) in [5.41, 5.74) is 0. The molecule has 1 heteroatoms. The van der Waals surface area contributed by atoms with Crippen molar-refractivity contribution in [3.05, 3.63) is 24.3 Å². The van der Waals surface area contributed by atoms with Crippen molar-refractivity contribution in [1.82, 2.24) is 0 Å². The first-order valence-corrected chi connectivity index (χ1v) is 18.1. The molecule has 0 bridgehead atoms. The molecule has 0 aromatic heterocycles. The van der Waals surface area contributed by atoms with Gasteiger partial charge in [-0.3, -0.25) is 4.79 Å². The second-order valence-corrected chi connectivity index (χ2v) is 12.2. The summed E-state index contributed by atoms with van der Waals surface area (Å²) >= 11 is 0. The first-order valence-electron chi connectivity index (χ1n) is 18.1. The quantitative estimate of drug-likeness (QED) is 0.0593. The van der Waals surface area contributed by atoms with E-state index in [-0.39, 0.29) is 0 Å². The van der Waals surface area contributed by atoms with E-state index in [9.17, 15) is 4.79 Å². The Labute approximate surface area is 247 Å². The van der Waals surface area contributed by atoms with Gasteiger partial charge in [0.05, 0.1) is 0 Å². The predicted molar refractivity (Wildman–Crippen MR) is 178 cm³/mol. The molecule has 0 spiro atoms. The molecule has 230 valence electrons. The lowest BCUT2D eigenvalue weighted by atomic mass is 10.0. The van der Waals surface area contributed by atoms with Crippen molar-refractivity contribution in [1.29, 1.82) is 0 Å². The SMILES string of the molecule is CCCCCCCCCCCCCCCC/C=C/CCC/C=C/CCCCCCCCCCCCC(=O)CC. The van der Waals surface area contributed by atoms with Gasteiger partial charge in [0.15, 0.2) is 0 Å². The van der Waals surface area contributed by atoms with Crippen LogP contribution >= 0.6 is 0 Å². The molecular weight excluding hydrogens is 472 g/mol. The molecule has 0 aliphatic carbocycles. The Balaban J connectivity index is 3.16. The van der Waals surface area contributed by atoms with E-state index < -0.39 is 0 Å². The average molecular weight is 545 g/mol. The van der Waals surface area contributed by atoms with E-state index in [4.69, 9.17) is 0 Å². The Morgan fingerprint density at radius 1 is 0.359 bits per heavy atom. The van der Waals surface area contributed by atoms with Crippen molar-refractivity contribution in [3.63, 3.8) is 0 Å². The maximum atomic E-state index is 11.3. The molecule has 0 aromatic carbocycles. The lowest BCUT2D eigenvalue weighted by Crippen LogP contribution is -1.94. The highest BCUT2D eigenvalue weighted by Crippen LogP contribution is 2.14. The van der Waals surface area contributed by atoms with Gasteiger partial charge >= 0.3 is 0 Å². The fraction of sp³-hybridized carbons (Fsp3) is 0.868. The summed E-state index contributed by atoms with van der Waals surface area (Å²) in [6, 6.07) is 0. The molecule has 0 radical (unpaired) electrons. The number of hydrogen-bond acceptors (Lipinski definition) is 1. The molecule has 0 fully saturated rings. The van der Waals surface area contributed by atoms with Crippen molar-refractivity contribution >= 4 is 5.78 Å². The number of carbonyl (C=O) groups excluding carboxylic acids is 1. The van der Waals surface area contributed by atoms with Gasteiger partial charge in [-0.15, -0.1) is 0 Å². The number of allylic oxidation sites excluding steroid dienone is 4. The molecule has 0 saturated heterocycles. The normalized spacial score (nSPS) is 11.8. The van der Waals surface area contributed by atoms with Gasteiger partial charge in [-0.05, 0) is 51.4 Å². The summed E-state index contributed by atoms with van der Waals surface area (Å²) in [4.78, 5) is 11.3. The van der Waals surface area contributed by atoms with Crippen LogP contribution in [0.3, 0.4) is 0 Å². The van der Waals surface area contributed by atoms with E-state index in [2.05, 4.69) is 31.2 Å². The van der Waals surface area contributed by atoms with Crippen molar-refractivity contribution in [2.45, 2.75) is 213 Å². The van der Waals surface area contributed by atoms with Crippen molar-refractivity contribution in [2.24, 2.45) is 0 Å².